The number of nitrogens with zero attached hydrogens (tertiary/aromatic N) is 1. The van der Waals surface area contributed by atoms with Crippen molar-refractivity contribution in [3.05, 3.63) is 30.1 Å². The van der Waals surface area contributed by atoms with Gasteiger partial charge in [-0.1, -0.05) is 6.07 Å². The van der Waals surface area contributed by atoms with E-state index in [-0.39, 0.29) is 4.75 Å². The van der Waals surface area contributed by atoms with E-state index < -0.39 is 0 Å². The number of hydrogen-bond acceptors (Lipinski definition) is 3. The van der Waals surface area contributed by atoms with Crippen LogP contribution in [-0.2, 0) is 9.48 Å². The van der Waals surface area contributed by atoms with Crippen molar-refractivity contribution in [3.63, 3.8) is 0 Å². The van der Waals surface area contributed by atoms with Crippen molar-refractivity contribution < 1.29 is 4.74 Å². The third-order valence-electron chi connectivity index (χ3n) is 2.64. The summed E-state index contributed by atoms with van der Waals surface area (Å²) in [4.78, 5) is 7.27. The summed E-state index contributed by atoms with van der Waals surface area (Å²) in [5.41, 5.74) is 3.25. The number of imidazole rings is 1. The minimum absolute atomic E-state index is 0.0979. The lowest BCUT2D eigenvalue weighted by molar-refractivity contribution is -0.00964. The molecule has 0 spiro atoms. The number of rotatable bonds is 1. The van der Waals surface area contributed by atoms with Crippen LogP contribution in [0.3, 0.4) is 0 Å². The zero-order valence-electron chi connectivity index (χ0n) is 7.53. The maximum atomic E-state index is 5.18. The molecule has 1 aromatic heterocycles. The Balaban J connectivity index is 2.13. The second kappa shape index (κ2) is 2.74. The van der Waals surface area contributed by atoms with Crippen molar-refractivity contribution >= 4 is 23.7 Å². The van der Waals surface area contributed by atoms with Crippen LogP contribution in [-0.4, -0.2) is 23.2 Å². The average Bonchev–Trinajstić information content (AvgIpc) is 2.60. The van der Waals surface area contributed by atoms with Gasteiger partial charge in [0.15, 0.2) is 0 Å². The highest BCUT2D eigenvalue weighted by molar-refractivity contribution is 7.81. The van der Waals surface area contributed by atoms with Gasteiger partial charge in [-0.05, 0) is 17.7 Å². The third-order valence-corrected chi connectivity index (χ3v) is 3.16. The van der Waals surface area contributed by atoms with E-state index >= 15 is 0 Å². The molecule has 3 nitrogen and oxygen atoms in total. The van der Waals surface area contributed by atoms with E-state index in [9.17, 15) is 0 Å². The maximum absolute atomic E-state index is 5.18. The van der Waals surface area contributed by atoms with E-state index in [1.807, 2.05) is 6.07 Å². The molecule has 14 heavy (non-hydrogen) atoms. The summed E-state index contributed by atoms with van der Waals surface area (Å²) in [5.74, 6) is 0. The molecule has 0 aliphatic carbocycles. The largest absolute Gasteiger partial charge is 0.378 e. The number of aromatic nitrogens is 2. The molecule has 0 saturated carbocycles. The molecular weight excluding hydrogens is 196 g/mol. The van der Waals surface area contributed by atoms with Gasteiger partial charge in [-0.15, -0.1) is 0 Å². The first-order valence-corrected chi connectivity index (χ1v) is 4.96. The van der Waals surface area contributed by atoms with Gasteiger partial charge >= 0.3 is 0 Å². The van der Waals surface area contributed by atoms with Gasteiger partial charge in [-0.25, -0.2) is 4.98 Å². The number of ether oxygens (including phenoxy) is 1. The van der Waals surface area contributed by atoms with Crippen LogP contribution in [0.4, 0.5) is 0 Å². The molecule has 1 N–H and O–H groups in total. The van der Waals surface area contributed by atoms with Crippen LogP contribution in [0.1, 0.15) is 5.56 Å². The van der Waals surface area contributed by atoms with Crippen molar-refractivity contribution in [1.29, 1.82) is 0 Å². The molecule has 72 valence electrons. The summed E-state index contributed by atoms with van der Waals surface area (Å²) in [5, 5.41) is 0. The molecule has 1 aliphatic heterocycles. The molecule has 0 bridgehead atoms. The van der Waals surface area contributed by atoms with Crippen molar-refractivity contribution in [2.45, 2.75) is 4.75 Å². The predicted molar refractivity (Wildman–Crippen MR) is 57.6 cm³/mol. The minimum atomic E-state index is -0.0979. The van der Waals surface area contributed by atoms with Gasteiger partial charge in [0.2, 0.25) is 0 Å². The summed E-state index contributed by atoms with van der Waals surface area (Å²) in [6.07, 6.45) is 1.71. The minimum Gasteiger partial charge on any atom is -0.378 e. The van der Waals surface area contributed by atoms with Gasteiger partial charge < -0.3 is 9.72 Å². The quantitative estimate of drug-likeness (QED) is 0.697. The van der Waals surface area contributed by atoms with Crippen LogP contribution in [0.5, 0.6) is 0 Å². The van der Waals surface area contributed by atoms with Crippen LogP contribution in [0, 0.1) is 0 Å². The highest BCUT2D eigenvalue weighted by Gasteiger charge is 2.36. The fraction of sp³-hybridized carbons (Fsp3) is 0.300. The molecule has 0 unspecified atom stereocenters. The lowest BCUT2D eigenvalue weighted by atomic mass is 9.96. The number of hydrogen-bond donors (Lipinski definition) is 2. The Labute approximate surface area is 86.9 Å². The van der Waals surface area contributed by atoms with Gasteiger partial charge in [0.25, 0.3) is 0 Å². The molecule has 1 fully saturated rings. The Hall–Kier alpha value is -1.00. The Morgan fingerprint density at radius 3 is 3.00 bits per heavy atom. The third kappa shape index (κ3) is 1.07. The van der Waals surface area contributed by atoms with Crippen LogP contribution in [0.2, 0.25) is 0 Å². The molecule has 0 atom stereocenters. The fourth-order valence-electron chi connectivity index (χ4n) is 1.69. The number of H-pyrrole nitrogens is 1. The lowest BCUT2D eigenvalue weighted by Crippen LogP contribution is -2.41. The molecule has 1 saturated heterocycles. The zero-order valence-corrected chi connectivity index (χ0v) is 8.42. The monoisotopic (exact) mass is 206 g/mol. The van der Waals surface area contributed by atoms with E-state index in [2.05, 4.69) is 34.7 Å². The summed E-state index contributed by atoms with van der Waals surface area (Å²) in [6.45, 7) is 1.38. The van der Waals surface area contributed by atoms with E-state index in [4.69, 9.17) is 4.74 Å². The van der Waals surface area contributed by atoms with Crippen LogP contribution >= 0.6 is 12.6 Å². The van der Waals surface area contributed by atoms with Gasteiger partial charge in [0.1, 0.15) is 0 Å². The highest BCUT2D eigenvalue weighted by atomic mass is 32.1. The first-order chi connectivity index (χ1) is 6.78. The van der Waals surface area contributed by atoms with E-state index in [1.165, 1.54) is 5.56 Å². The number of nitrogens with one attached hydrogen (secondary N) is 1. The molecule has 3 rings (SSSR count). The van der Waals surface area contributed by atoms with Gasteiger partial charge in [-0.2, -0.15) is 12.6 Å². The van der Waals surface area contributed by atoms with E-state index in [1.54, 1.807) is 6.33 Å². The molecule has 0 amide bonds. The second-order valence-corrected chi connectivity index (χ2v) is 4.51. The Morgan fingerprint density at radius 1 is 1.43 bits per heavy atom. The van der Waals surface area contributed by atoms with Crippen LogP contribution < -0.4 is 0 Å². The van der Waals surface area contributed by atoms with Crippen molar-refractivity contribution in [3.8, 4) is 0 Å². The van der Waals surface area contributed by atoms with Crippen LogP contribution in [0.25, 0.3) is 11.0 Å². The SMILES string of the molecule is SC1(c2ccc3nc[nH]c3c2)COC1. The Kier molecular flexibility index (Phi) is 1.63. The number of fused-ring (bicyclic) bond motifs is 1. The first kappa shape index (κ1) is 8.32. The smallest absolute Gasteiger partial charge is 0.0931 e. The summed E-state index contributed by atoms with van der Waals surface area (Å²) >= 11 is 4.61. The molecular formula is C10H10N2OS. The lowest BCUT2D eigenvalue weighted by Gasteiger charge is -2.37. The number of thiol groups is 1. The highest BCUT2D eigenvalue weighted by Crippen LogP contribution is 2.36. The molecule has 1 aromatic carbocycles. The average molecular weight is 206 g/mol. The van der Waals surface area contributed by atoms with Gasteiger partial charge in [0, 0.05) is 0 Å². The summed E-state index contributed by atoms with van der Waals surface area (Å²) in [6, 6.07) is 6.17. The van der Waals surface area contributed by atoms with Crippen molar-refractivity contribution in [2.24, 2.45) is 0 Å². The summed E-state index contributed by atoms with van der Waals surface area (Å²) < 4.78 is 5.09. The molecule has 1 aliphatic rings. The first-order valence-electron chi connectivity index (χ1n) is 4.52. The van der Waals surface area contributed by atoms with Gasteiger partial charge in [0.05, 0.1) is 35.3 Å². The normalized spacial score (nSPS) is 19.5. The zero-order chi connectivity index (χ0) is 9.60. The standard InChI is InChI=1S/C10H10N2OS/c14-10(4-13-5-10)7-1-2-8-9(3-7)12-6-11-8/h1-3,6,14H,4-5H2,(H,11,12). The van der Waals surface area contributed by atoms with Gasteiger partial charge in [-0.3, -0.25) is 0 Å². The van der Waals surface area contributed by atoms with Crippen molar-refractivity contribution in [2.75, 3.05) is 13.2 Å². The molecule has 2 aromatic rings. The fourth-order valence-corrected chi connectivity index (χ4v) is 2.01. The Bertz CT molecular complexity index is 476. The number of benzene rings is 1. The van der Waals surface area contributed by atoms with Crippen molar-refractivity contribution in [1.82, 2.24) is 9.97 Å². The van der Waals surface area contributed by atoms with E-state index in [0.29, 0.717) is 13.2 Å². The number of aromatic amines is 1. The second-order valence-electron chi connectivity index (χ2n) is 3.66. The van der Waals surface area contributed by atoms with Crippen LogP contribution in [0.15, 0.2) is 24.5 Å². The topological polar surface area (TPSA) is 37.9 Å². The summed E-state index contributed by atoms with van der Waals surface area (Å²) in [7, 11) is 0. The molecule has 2 heterocycles. The Morgan fingerprint density at radius 2 is 2.29 bits per heavy atom. The predicted octanol–water partition coefficient (Wildman–Crippen LogP) is 1.72. The maximum Gasteiger partial charge on any atom is 0.0931 e. The molecule has 0 radical (unpaired) electrons. The molecule has 4 heteroatoms. The van der Waals surface area contributed by atoms with E-state index in [0.717, 1.165) is 11.0 Å².